The summed E-state index contributed by atoms with van der Waals surface area (Å²) < 4.78 is 0. The molecule has 1 nitrogen and oxygen atoms in total. The highest BCUT2D eigenvalue weighted by Crippen LogP contribution is 2.57. The lowest BCUT2D eigenvalue weighted by Gasteiger charge is -2.55. The number of benzene rings is 1. The standard InChI is InChI=1S/C21H29NS/c1-15(2)16-6-8-18-17(12-16)7-9-19-20(3,13-22-14-23)10-5-11-21(18,19)4/h6,8,12,15,19H,5,7,9-11,13H2,1-4H3/t19-,20-,21-/m0/s1. The first kappa shape index (κ1) is 16.9. The van der Waals surface area contributed by atoms with Gasteiger partial charge in [0.05, 0.1) is 11.7 Å². The van der Waals surface area contributed by atoms with Crippen molar-refractivity contribution >= 4 is 17.4 Å². The Morgan fingerprint density at radius 3 is 2.78 bits per heavy atom. The van der Waals surface area contributed by atoms with Crippen LogP contribution >= 0.6 is 12.2 Å². The minimum atomic E-state index is 0.271. The molecule has 2 aliphatic carbocycles. The molecule has 1 saturated carbocycles. The van der Waals surface area contributed by atoms with Gasteiger partial charge in [0.25, 0.3) is 0 Å². The average Bonchev–Trinajstić information content (AvgIpc) is 2.52. The van der Waals surface area contributed by atoms with Crippen molar-refractivity contribution in [3.05, 3.63) is 34.9 Å². The van der Waals surface area contributed by atoms with E-state index in [-0.39, 0.29) is 5.41 Å². The number of rotatable bonds is 3. The number of hydrogen-bond acceptors (Lipinski definition) is 2. The second-order valence-corrected chi connectivity index (χ2v) is 8.68. The molecule has 0 amide bonds. The van der Waals surface area contributed by atoms with E-state index in [1.807, 2.05) is 0 Å². The highest BCUT2D eigenvalue weighted by atomic mass is 32.1. The molecule has 0 aliphatic heterocycles. The van der Waals surface area contributed by atoms with Crippen molar-refractivity contribution < 1.29 is 0 Å². The van der Waals surface area contributed by atoms with Crippen LogP contribution in [0.4, 0.5) is 0 Å². The van der Waals surface area contributed by atoms with Crippen LogP contribution in [0.25, 0.3) is 0 Å². The van der Waals surface area contributed by atoms with E-state index < -0.39 is 0 Å². The van der Waals surface area contributed by atoms with Crippen molar-refractivity contribution in [1.29, 1.82) is 0 Å². The monoisotopic (exact) mass is 327 g/mol. The summed E-state index contributed by atoms with van der Waals surface area (Å²) in [5.41, 5.74) is 5.25. The number of aryl methyl sites for hydroxylation is 1. The van der Waals surface area contributed by atoms with Crippen molar-refractivity contribution in [1.82, 2.24) is 0 Å². The van der Waals surface area contributed by atoms with Gasteiger partial charge in [-0.05, 0) is 77.3 Å². The average molecular weight is 328 g/mol. The Morgan fingerprint density at radius 1 is 1.30 bits per heavy atom. The van der Waals surface area contributed by atoms with Crippen molar-refractivity contribution in [2.24, 2.45) is 16.3 Å². The second kappa shape index (κ2) is 6.15. The lowest BCUT2D eigenvalue weighted by atomic mass is 9.50. The predicted molar refractivity (Wildman–Crippen MR) is 102 cm³/mol. The number of thiocarbonyl (C=S) groups is 1. The second-order valence-electron chi connectivity index (χ2n) is 8.50. The molecule has 1 fully saturated rings. The van der Waals surface area contributed by atoms with Gasteiger partial charge in [0, 0.05) is 0 Å². The lowest BCUT2D eigenvalue weighted by molar-refractivity contribution is 0.0332. The summed E-state index contributed by atoms with van der Waals surface area (Å²) >= 11 is 4.83. The molecule has 3 rings (SSSR count). The van der Waals surface area contributed by atoms with E-state index in [4.69, 9.17) is 12.2 Å². The van der Waals surface area contributed by atoms with Crippen LogP contribution in [0.15, 0.2) is 23.2 Å². The van der Waals surface area contributed by atoms with Crippen LogP contribution < -0.4 is 0 Å². The van der Waals surface area contributed by atoms with E-state index in [1.54, 1.807) is 11.1 Å². The zero-order valence-electron chi connectivity index (χ0n) is 15.0. The van der Waals surface area contributed by atoms with Crippen LogP contribution in [0.1, 0.15) is 76.0 Å². The maximum absolute atomic E-state index is 4.83. The molecule has 124 valence electrons. The Hall–Kier alpha value is -0.980. The van der Waals surface area contributed by atoms with Gasteiger partial charge in [-0.15, -0.1) is 0 Å². The number of fused-ring (bicyclic) bond motifs is 3. The number of hydrogen-bond donors (Lipinski definition) is 0. The van der Waals surface area contributed by atoms with Gasteiger partial charge in [0.1, 0.15) is 0 Å². The molecule has 23 heavy (non-hydrogen) atoms. The molecular formula is C21H29NS. The summed E-state index contributed by atoms with van der Waals surface area (Å²) in [4.78, 5) is 4.35. The third-order valence-electron chi connectivity index (χ3n) is 6.67. The van der Waals surface area contributed by atoms with Crippen LogP contribution in [0.3, 0.4) is 0 Å². The van der Waals surface area contributed by atoms with E-state index in [0.29, 0.717) is 17.3 Å². The summed E-state index contributed by atoms with van der Waals surface area (Å²) in [5.74, 6) is 1.31. The van der Waals surface area contributed by atoms with Crippen LogP contribution in [0, 0.1) is 11.3 Å². The Morgan fingerprint density at radius 2 is 2.09 bits per heavy atom. The van der Waals surface area contributed by atoms with Crippen molar-refractivity contribution in [3.63, 3.8) is 0 Å². The molecule has 1 aromatic rings. The molecular weight excluding hydrogens is 298 g/mol. The maximum atomic E-state index is 4.83. The van der Waals surface area contributed by atoms with Crippen LogP contribution in [0.5, 0.6) is 0 Å². The van der Waals surface area contributed by atoms with E-state index in [0.717, 1.165) is 6.54 Å². The topological polar surface area (TPSA) is 12.4 Å². The van der Waals surface area contributed by atoms with Gasteiger partial charge < -0.3 is 0 Å². The number of isothiocyanates is 1. The quantitative estimate of drug-likeness (QED) is 0.495. The first-order chi connectivity index (χ1) is 10.9. The Kier molecular flexibility index (Phi) is 4.51. The van der Waals surface area contributed by atoms with E-state index in [2.05, 4.69) is 56.0 Å². The molecule has 0 heterocycles. The van der Waals surface area contributed by atoms with Gasteiger partial charge in [-0.2, -0.15) is 0 Å². The summed E-state index contributed by atoms with van der Waals surface area (Å²) in [6, 6.07) is 7.27. The van der Waals surface area contributed by atoms with Crippen molar-refractivity contribution in [2.45, 2.75) is 71.1 Å². The molecule has 0 bridgehead atoms. The highest BCUT2D eigenvalue weighted by Gasteiger charge is 2.51. The first-order valence-electron chi connectivity index (χ1n) is 9.08. The molecule has 2 heteroatoms. The van der Waals surface area contributed by atoms with Gasteiger partial charge in [-0.1, -0.05) is 52.3 Å². The Balaban J connectivity index is 2.02. The fourth-order valence-electron chi connectivity index (χ4n) is 5.41. The zero-order valence-corrected chi connectivity index (χ0v) is 15.8. The normalized spacial score (nSPS) is 32.8. The summed E-state index contributed by atoms with van der Waals surface area (Å²) in [7, 11) is 0. The van der Waals surface area contributed by atoms with E-state index >= 15 is 0 Å². The van der Waals surface area contributed by atoms with Crippen LogP contribution in [-0.4, -0.2) is 11.7 Å². The molecule has 0 radical (unpaired) electrons. The third-order valence-corrected chi connectivity index (χ3v) is 6.80. The van der Waals surface area contributed by atoms with Crippen molar-refractivity contribution in [3.8, 4) is 0 Å². The fraction of sp³-hybridized carbons (Fsp3) is 0.667. The van der Waals surface area contributed by atoms with E-state index in [1.165, 1.54) is 37.7 Å². The molecule has 0 aromatic heterocycles. The molecule has 0 unspecified atom stereocenters. The van der Waals surface area contributed by atoms with Gasteiger partial charge >= 0.3 is 0 Å². The van der Waals surface area contributed by atoms with E-state index in [9.17, 15) is 0 Å². The smallest absolute Gasteiger partial charge is 0.0585 e. The Bertz CT molecular complexity index is 643. The summed E-state index contributed by atoms with van der Waals surface area (Å²) in [6.07, 6.45) is 6.37. The minimum absolute atomic E-state index is 0.271. The molecule has 0 spiro atoms. The molecule has 0 saturated heterocycles. The fourth-order valence-corrected chi connectivity index (χ4v) is 5.47. The predicted octanol–water partition coefficient (Wildman–Crippen LogP) is 5.92. The SMILES string of the molecule is CC(C)c1ccc2c(c1)CC[C@H]1[C@](C)(CN=C=S)CCC[C@@]21C. The summed E-state index contributed by atoms with van der Waals surface area (Å²) in [5, 5.41) is 2.60. The largest absolute Gasteiger partial charge is 0.232 e. The maximum Gasteiger partial charge on any atom is 0.0585 e. The Labute approximate surface area is 146 Å². The summed E-state index contributed by atoms with van der Waals surface area (Å²) in [6.45, 7) is 10.4. The molecule has 3 atom stereocenters. The van der Waals surface area contributed by atoms with Gasteiger partial charge in [0.2, 0.25) is 0 Å². The zero-order chi connectivity index (χ0) is 16.7. The van der Waals surface area contributed by atoms with Gasteiger partial charge in [-0.25, -0.2) is 4.99 Å². The lowest BCUT2D eigenvalue weighted by Crippen LogP contribution is -2.50. The van der Waals surface area contributed by atoms with Crippen molar-refractivity contribution in [2.75, 3.05) is 6.54 Å². The molecule has 1 aromatic carbocycles. The molecule has 0 N–H and O–H groups in total. The van der Waals surface area contributed by atoms with Crippen LogP contribution in [0.2, 0.25) is 0 Å². The first-order valence-corrected chi connectivity index (χ1v) is 9.48. The van der Waals surface area contributed by atoms with Crippen LogP contribution in [-0.2, 0) is 11.8 Å². The van der Waals surface area contributed by atoms with Gasteiger partial charge in [0.15, 0.2) is 0 Å². The highest BCUT2D eigenvalue weighted by molar-refractivity contribution is 7.78. The third kappa shape index (κ3) is 2.81. The molecule has 2 aliphatic rings. The number of nitrogens with zero attached hydrogens (tertiary/aromatic N) is 1. The van der Waals surface area contributed by atoms with Gasteiger partial charge in [-0.3, -0.25) is 0 Å². The number of aliphatic imine (C=N–C) groups is 1. The minimum Gasteiger partial charge on any atom is -0.232 e.